The number of halogens is 1. The summed E-state index contributed by atoms with van der Waals surface area (Å²) in [4.78, 5) is 40.5. The number of H-pyrrole nitrogens is 1. The van der Waals surface area contributed by atoms with Gasteiger partial charge in [0.1, 0.15) is 11.7 Å². The zero-order valence-corrected chi connectivity index (χ0v) is 13.8. The van der Waals surface area contributed by atoms with Crippen LogP contribution < -0.4 is 5.43 Å². The molecule has 7 heteroatoms. The molecule has 0 radical (unpaired) electrons. The van der Waals surface area contributed by atoms with Gasteiger partial charge >= 0.3 is 5.97 Å². The number of pyridine rings is 1. The molecule has 1 aromatic carbocycles. The number of amides is 1. The Morgan fingerprint density at radius 2 is 2.04 bits per heavy atom. The second kappa shape index (κ2) is 6.16. The van der Waals surface area contributed by atoms with Crippen LogP contribution in [-0.2, 0) is 4.79 Å². The molecule has 0 saturated carbocycles. The lowest BCUT2D eigenvalue weighted by Crippen LogP contribution is -2.48. The largest absolute Gasteiger partial charge is 0.480 e. The first-order valence-electron chi connectivity index (χ1n) is 7.34. The predicted molar refractivity (Wildman–Crippen MR) is 88.6 cm³/mol. The summed E-state index contributed by atoms with van der Waals surface area (Å²) in [6.07, 6.45) is 1.98. The van der Waals surface area contributed by atoms with E-state index in [1.807, 2.05) is 0 Å². The fraction of sp³-hybridized carbons (Fsp3) is 0.312. The molecular weight excluding hydrogens is 364 g/mol. The highest BCUT2D eigenvalue weighted by molar-refractivity contribution is 9.10. The number of rotatable bonds is 2. The van der Waals surface area contributed by atoms with E-state index in [1.165, 1.54) is 11.0 Å². The second-order valence-corrected chi connectivity index (χ2v) is 6.50. The molecule has 3 rings (SSSR count). The van der Waals surface area contributed by atoms with Gasteiger partial charge in [0, 0.05) is 28.0 Å². The van der Waals surface area contributed by atoms with Gasteiger partial charge in [-0.25, -0.2) is 4.79 Å². The monoisotopic (exact) mass is 378 g/mol. The van der Waals surface area contributed by atoms with E-state index in [1.54, 1.807) is 18.2 Å². The van der Waals surface area contributed by atoms with Crippen LogP contribution in [0.25, 0.3) is 10.9 Å². The molecule has 1 amide bonds. The van der Waals surface area contributed by atoms with E-state index >= 15 is 0 Å². The molecule has 1 aromatic heterocycles. The number of aromatic amines is 1. The molecule has 0 spiro atoms. The molecule has 1 aliphatic rings. The van der Waals surface area contributed by atoms with Gasteiger partial charge in [0.15, 0.2) is 5.43 Å². The van der Waals surface area contributed by atoms with E-state index in [-0.39, 0.29) is 11.1 Å². The zero-order chi connectivity index (χ0) is 16.6. The highest BCUT2D eigenvalue weighted by Gasteiger charge is 2.32. The molecule has 120 valence electrons. The number of fused-ring (bicyclic) bond motifs is 1. The maximum Gasteiger partial charge on any atom is 0.326 e. The summed E-state index contributed by atoms with van der Waals surface area (Å²) in [6.45, 7) is 0.385. The summed E-state index contributed by atoms with van der Waals surface area (Å²) >= 11 is 3.31. The number of aliphatic carboxylic acids is 1. The average molecular weight is 379 g/mol. The molecule has 2 heterocycles. The van der Waals surface area contributed by atoms with Crippen molar-refractivity contribution in [3.8, 4) is 0 Å². The third-order valence-corrected chi connectivity index (χ3v) is 4.56. The summed E-state index contributed by atoms with van der Waals surface area (Å²) in [7, 11) is 0. The number of benzene rings is 1. The molecular formula is C16H15BrN2O4. The van der Waals surface area contributed by atoms with Crippen molar-refractivity contribution in [3.63, 3.8) is 0 Å². The van der Waals surface area contributed by atoms with E-state index in [4.69, 9.17) is 0 Å². The lowest BCUT2D eigenvalue weighted by atomic mass is 10.0. The van der Waals surface area contributed by atoms with E-state index < -0.39 is 17.9 Å². The molecule has 23 heavy (non-hydrogen) atoms. The molecule has 1 atom stereocenters. The predicted octanol–water partition coefficient (Wildman–Crippen LogP) is 2.37. The van der Waals surface area contributed by atoms with E-state index in [0.717, 1.165) is 17.3 Å². The minimum Gasteiger partial charge on any atom is -0.480 e. The standard InChI is InChI=1S/C16H15BrN2O4/c17-9-4-5-11-10(7-9)14(20)8-12(18-11)15(21)19-6-2-1-3-13(19)16(22)23/h4-5,7-8,13H,1-3,6H2,(H,18,20)(H,22,23)/t13-/m1/s1. The first kappa shape index (κ1) is 15.7. The van der Waals surface area contributed by atoms with Gasteiger partial charge in [-0.3, -0.25) is 9.59 Å². The molecule has 2 N–H and O–H groups in total. The molecule has 2 aromatic rings. The van der Waals surface area contributed by atoms with Gasteiger partial charge < -0.3 is 15.0 Å². The van der Waals surface area contributed by atoms with Crippen LogP contribution in [0.2, 0.25) is 0 Å². The number of nitrogens with one attached hydrogen (secondary N) is 1. The van der Waals surface area contributed by atoms with Crippen molar-refractivity contribution in [2.75, 3.05) is 6.54 Å². The number of carboxylic acids is 1. The number of carboxylic acid groups (broad SMARTS) is 1. The average Bonchev–Trinajstić information content (AvgIpc) is 2.54. The van der Waals surface area contributed by atoms with Gasteiger partial charge in [-0.15, -0.1) is 0 Å². The van der Waals surface area contributed by atoms with Gasteiger partial charge in [0.25, 0.3) is 5.91 Å². The number of hydrogen-bond donors (Lipinski definition) is 2. The Bertz CT molecular complexity index is 846. The minimum atomic E-state index is -1.01. The topological polar surface area (TPSA) is 90.5 Å². The third kappa shape index (κ3) is 3.01. The van der Waals surface area contributed by atoms with Crippen LogP contribution in [0.5, 0.6) is 0 Å². The van der Waals surface area contributed by atoms with E-state index in [9.17, 15) is 19.5 Å². The number of piperidine rings is 1. The first-order valence-corrected chi connectivity index (χ1v) is 8.13. The Kier molecular flexibility index (Phi) is 4.21. The van der Waals surface area contributed by atoms with Crippen molar-refractivity contribution in [2.45, 2.75) is 25.3 Å². The zero-order valence-electron chi connectivity index (χ0n) is 12.2. The summed E-state index contributed by atoms with van der Waals surface area (Å²) in [5.41, 5.74) is 0.401. The first-order chi connectivity index (χ1) is 11.0. The minimum absolute atomic E-state index is 0.123. The van der Waals surface area contributed by atoms with Crippen molar-refractivity contribution >= 4 is 38.7 Å². The Labute approximate surface area is 140 Å². The Morgan fingerprint density at radius 3 is 2.78 bits per heavy atom. The van der Waals surface area contributed by atoms with E-state index in [0.29, 0.717) is 23.9 Å². The summed E-state index contributed by atoms with van der Waals surface area (Å²) in [6, 6.07) is 5.57. The van der Waals surface area contributed by atoms with E-state index in [2.05, 4.69) is 20.9 Å². The van der Waals surface area contributed by atoms with Crippen LogP contribution in [0.4, 0.5) is 0 Å². The normalized spacial score (nSPS) is 18.1. The number of carbonyl (C=O) groups is 2. The van der Waals surface area contributed by atoms with Crippen molar-refractivity contribution in [2.24, 2.45) is 0 Å². The fourth-order valence-electron chi connectivity index (χ4n) is 2.92. The van der Waals surface area contributed by atoms with Crippen molar-refractivity contribution in [1.29, 1.82) is 0 Å². The highest BCUT2D eigenvalue weighted by Crippen LogP contribution is 2.21. The van der Waals surface area contributed by atoms with Gasteiger partial charge in [-0.1, -0.05) is 15.9 Å². The summed E-state index contributed by atoms with van der Waals surface area (Å²) < 4.78 is 0.775. The maximum absolute atomic E-state index is 12.7. The van der Waals surface area contributed by atoms with Gasteiger partial charge in [-0.05, 0) is 37.5 Å². The summed E-state index contributed by atoms with van der Waals surface area (Å²) in [5.74, 6) is -1.45. The summed E-state index contributed by atoms with van der Waals surface area (Å²) in [5, 5.41) is 9.77. The highest BCUT2D eigenvalue weighted by atomic mass is 79.9. The quantitative estimate of drug-likeness (QED) is 0.838. The molecule has 1 aliphatic heterocycles. The van der Waals surface area contributed by atoms with Crippen LogP contribution >= 0.6 is 15.9 Å². The number of hydrogen-bond acceptors (Lipinski definition) is 3. The van der Waals surface area contributed by atoms with Crippen LogP contribution in [0.15, 0.2) is 33.5 Å². The van der Waals surface area contributed by atoms with Crippen LogP contribution in [-0.4, -0.2) is 39.5 Å². The van der Waals surface area contributed by atoms with Crippen LogP contribution in [0.3, 0.4) is 0 Å². The molecule has 0 unspecified atom stereocenters. The maximum atomic E-state index is 12.7. The Balaban J connectivity index is 2.02. The lowest BCUT2D eigenvalue weighted by Gasteiger charge is -2.32. The number of aromatic nitrogens is 1. The van der Waals surface area contributed by atoms with Gasteiger partial charge in [0.2, 0.25) is 0 Å². The molecule has 6 nitrogen and oxygen atoms in total. The second-order valence-electron chi connectivity index (χ2n) is 5.59. The van der Waals surface area contributed by atoms with Crippen molar-refractivity contribution in [3.05, 3.63) is 44.7 Å². The number of nitrogens with zero attached hydrogens (tertiary/aromatic N) is 1. The number of carbonyl (C=O) groups excluding carboxylic acids is 1. The number of likely N-dealkylation sites (tertiary alicyclic amines) is 1. The molecule has 0 bridgehead atoms. The Morgan fingerprint density at radius 1 is 1.26 bits per heavy atom. The molecule has 0 aliphatic carbocycles. The van der Waals surface area contributed by atoms with Gasteiger partial charge in [0.05, 0.1) is 0 Å². The SMILES string of the molecule is O=C(O)[C@H]1CCCCN1C(=O)c1cc(=O)c2cc(Br)ccc2[nH]1. The van der Waals surface area contributed by atoms with Crippen LogP contribution in [0.1, 0.15) is 29.8 Å². The molecule has 1 fully saturated rings. The third-order valence-electron chi connectivity index (χ3n) is 4.07. The smallest absolute Gasteiger partial charge is 0.326 e. The Hall–Kier alpha value is -2.15. The molecule has 1 saturated heterocycles. The fourth-order valence-corrected chi connectivity index (χ4v) is 3.28. The van der Waals surface area contributed by atoms with Gasteiger partial charge in [-0.2, -0.15) is 0 Å². The lowest BCUT2D eigenvalue weighted by molar-refractivity contribution is -0.143. The van der Waals surface area contributed by atoms with Crippen molar-refractivity contribution in [1.82, 2.24) is 9.88 Å². The van der Waals surface area contributed by atoms with Crippen LogP contribution in [0, 0.1) is 0 Å². The van der Waals surface area contributed by atoms with Crippen molar-refractivity contribution < 1.29 is 14.7 Å².